The fourth-order valence-electron chi connectivity index (χ4n) is 2.11. The topological polar surface area (TPSA) is 141 Å². The van der Waals surface area contributed by atoms with Crippen molar-refractivity contribution >= 4 is 45.4 Å². The molecule has 0 spiro atoms. The Morgan fingerprint density at radius 1 is 1.07 bits per heavy atom. The minimum Gasteiger partial charge on any atom is -0.296 e. The second kappa shape index (κ2) is 7.43. The third kappa shape index (κ3) is 4.04. The first-order valence-corrected chi connectivity index (χ1v) is 8.38. The van der Waals surface area contributed by atoms with E-state index in [1.807, 2.05) is 0 Å². The number of carbonyl (C=O) groups is 1. The molecule has 12 heteroatoms. The highest BCUT2D eigenvalue weighted by Gasteiger charge is 2.18. The molecule has 0 unspecified atom stereocenters. The maximum atomic E-state index is 12.3. The van der Waals surface area contributed by atoms with Crippen LogP contribution in [0.15, 0.2) is 42.5 Å². The average Bonchev–Trinajstić information content (AvgIpc) is 3.10. The van der Waals surface area contributed by atoms with Gasteiger partial charge in [-0.3, -0.25) is 30.3 Å². The smallest absolute Gasteiger partial charge is 0.288 e. The minimum absolute atomic E-state index is 0.0261. The van der Waals surface area contributed by atoms with E-state index in [0.29, 0.717) is 10.6 Å². The molecule has 0 aliphatic carbocycles. The molecule has 0 atom stereocenters. The zero-order chi connectivity index (χ0) is 19.6. The molecule has 0 saturated carbocycles. The number of anilines is 1. The first-order chi connectivity index (χ1) is 12.8. The monoisotopic (exact) mass is 405 g/mol. The van der Waals surface area contributed by atoms with Gasteiger partial charge in [0, 0.05) is 29.3 Å². The predicted molar refractivity (Wildman–Crippen MR) is 98.1 cm³/mol. The summed E-state index contributed by atoms with van der Waals surface area (Å²) in [6.07, 6.45) is 0. The maximum Gasteiger partial charge on any atom is 0.288 e. The molecule has 0 bridgehead atoms. The van der Waals surface area contributed by atoms with Crippen molar-refractivity contribution in [1.82, 2.24) is 10.2 Å². The highest BCUT2D eigenvalue weighted by Crippen LogP contribution is 2.29. The van der Waals surface area contributed by atoms with E-state index in [9.17, 15) is 25.0 Å². The van der Waals surface area contributed by atoms with Crippen LogP contribution in [-0.2, 0) is 0 Å². The second-order valence-electron chi connectivity index (χ2n) is 5.10. The largest absolute Gasteiger partial charge is 0.296 e. The van der Waals surface area contributed by atoms with Crippen LogP contribution in [0.2, 0.25) is 5.02 Å². The number of nitrogens with one attached hydrogen (secondary N) is 1. The van der Waals surface area contributed by atoms with Crippen molar-refractivity contribution in [1.29, 1.82) is 0 Å². The van der Waals surface area contributed by atoms with Crippen molar-refractivity contribution in [2.45, 2.75) is 0 Å². The van der Waals surface area contributed by atoms with Crippen LogP contribution in [0.4, 0.5) is 16.5 Å². The van der Waals surface area contributed by atoms with E-state index < -0.39 is 15.8 Å². The molecule has 0 aliphatic heterocycles. The Hall–Kier alpha value is -3.44. The lowest BCUT2D eigenvalue weighted by atomic mass is 10.2. The predicted octanol–water partition coefficient (Wildman–Crippen LogP) is 3.93. The van der Waals surface area contributed by atoms with Gasteiger partial charge in [-0.25, -0.2) is 0 Å². The summed E-state index contributed by atoms with van der Waals surface area (Å²) in [4.78, 5) is 32.8. The maximum absolute atomic E-state index is 12.3. The van der Waals surface area contributed by atoms with Crippen LogP contribution < -0.4 is 5.32 Å². The molecule has 1 heterocycles. The standard InChI is InChI=1S/C15H8ClN5O5S/c16-11-5-4-8(7-12(11)21(25)26)13(22)17-15-19-18-14(27-15)9-2-1-3-10(6-9)20(23)24/h1-7H,(H,17,19,22). The fraction of sp³-hybridized carbons (Fsp3) is 0. The lowest BCUT2D eigenvalue weighted by Crippen LogP contribution is -2.12. The highest BCUT2D eigenvalue weighted by molar-refractivity contribution is 7.18. The minimum atomic E-state index is -0.690. The van der Waals surface area contributed by atoms with Crippen LogP contribution in [0.1, 0.15) is 10.4 Å². The first-order valence-electron chi connectivity index (χ1n) is 7.19. The zero-order valence-corrected chi connectivity index (χ0v) is 14.7. The number of non-ortho nitro benzene ring substituents is 1. The number of carbonyl (C=O) groups excluding carboxylic acids is 1. The van der Waals surface area contributed by atoms with Gasteiger partial charge in [0.1, 0.15) is 10.0 Å². The molecule has 1 N–H and O–H groups in total. The highest BCUT2D eigenvalue weighted by atomic mass is 35.5. The molecule has 0 aliphatic rings. The van der Waals surface area contributed by atoms with E-state index in [2.05, 4.69) is 15.5 Å². The van der Waals surface area contributed by atoms with Crippen LogP contribution in [-0.4, -0.2) is 26.0 Å². The number of nitrogens with zero attached hydrogens (tertiary/aromatic N) is 4. The van der Waals surface area contributed by atoms with Crippen molar-refractivity contribution in [3.05, 3.63) is 73.3 Å². The Kier molecular flexibility index (Phi) is 5.05. The number of hydrogen-bond donors (Lipinski definition) is 1. The third-order valence-corrected chi connectivity index (χ3v) is 4.56. The Morgan fingerprint density at radius 2 is 1.85 bits per heavy atom. The van der Waals surface area contributed by atoms with E-state index in [1.165, 1.54) is 30.3 Å². The molecular weight excluding hydrogens is 398 g/mol. The van der Waals surface area contributed by atoms with E-state index in [0.717, 1.165) is 17.4 Å². The molecule has 3 aromatic rings. The van der Waals surface area contributed by atoms with Crippen LogP contribution in [0.25, 0.3) is 10.6 Å². The molecule has 10 nitrogen and oxygen atoms in total. The number of halogens is 1. The van der Waals surface area contributed by atoms with Gasteiger partial charge in [0.15, 0.2) is 0 Å². The lowest BCUT2D eigenvalue weighted by molar-refractivity contribution is -0.384. The van der Waals surface area contributed by atoms with Gasteiger partial charge >= 0.3 is 0 Å². The lowest BCUT2D eigenvalue weighted by Gasteiger charge is -2.02. The summed E-state index contributed by atoms with van der Waals surface area (Å²) in [7, 11) is 0. The van der Waals surface area contributed by atoms with Crippen molar-refractivity contribution in [3.8, 4) is 10.6 Å². The van der Waals surface area contributed by atoms with Gasteiger partial charge in [-0.15, -0.1) is 10.2 Å². The summed E-state index contributed by atoms with van der Waals surface area (Å²) >= 11 is 6.73. The van der Waals surface area contributed by atoms with E-state index >= 15 is 0 Å². The second-order valence-corrected chi connectivity index (χ2v) is 6.48. The number of nitro benzene ring substituents is 2. The summed E-state index contributed by atoms with van der Waals surface area (Å²) < 4.78 is 0. The van der Waals surface area contributed by atoms with Gasteiger partial charge in [-0.1, -0.05) is 35.1 Å². The number of nitro groups is 2. The molecule has 3 rings (SSSR count). The molecule has 0 radical (unpaired) electrons. The fourth-order valence-corrected chi connectivity index (χ4v) is 3.03. The molecule has 1 amide bonds. The van der Waals surface area contributed by atoms with Crippen LogP contribution in [0.5, 0.6) is 0 Å². The van der Waals surface area contributed by atoms with E-state index in [-0.39, 0.29) is 27.1 Å². The molecule has 0 fully saturated rings. The molecular formula is C15H8ClN5O5S. The number of hydrogen-bond acceptors (Lipinski definition) is 8. The van der Waals surface area contributed by atoms with Gasteiger partial charge < -0.3 is 0 Å². The van der Waals surface area contributed by atoms with Crippen LogP contribution in [0, 0.1) is 20.2 Å². The number of rotatable bonds is 5. The van der Waals surface area contributed by atoms with Crippen molar-refractivity contribution in [2.24, 2.45) is 0 Å². The SMILES string of the molecule is O=C(Nc1nnc(-c2cccc([N+](=O)[O-])c2)s1)c1ccc(Cl)c([N+](=O)[O-])c1. The quantitative estimate of drug-likeness (QED) is 0.500. The van der Waals surface area contributed by atoms with Crippen LogP contribution >= 0.6 is 22.9 Å². The normalized spacial score (nSPS) is 10.4. The van der Waals surface area contributed by atoms with E-state index in [1.54, 1.807) is 6.07 Å². The van der Waals surface area contributed by atoms with Crippen LogP contribution in [0.3, 0.4) is 0 Å². The number of amides is 1. The van der Waals surface area contributed by atoms with Crippen molar-refractivity contribution < 1.29 is 14.6 Å². The summed E-state index contributed by atoms with van der Waals surface area (Å²) in [6, 6.07) is 9.48. The molecule has 27 heavy (non-hydrogen) atoms. The zero-order valence-electron chi connectivity index (χ0n) is 13.2. The molecule has 0 saturated heterocycles. The van der Waals surface area contributed by atoms with Crippen molar-refractivity contribution in [3.63, 3.8) is 0 Å². The summed E-state index contributed by atoms with van der Waals surface area (Å²) in [6.45, 7) is 0. The molecule has 2 aromatic carbocycles. The van der Waals surface area contributed by atoms with Gasteiger partial charge in [0.25, 0.3) is 17.3 Å². The number of aromatic nitrogens is 2. The third-order valence-electron chi connectivity index (χ3n) is 3.35. The number of benzene rings is 2. The van der Waals surface area contributed by atoms with Gasteiger partial charge in [-0.05, 0) is 12.1 Å². The molecule has 136 valence electrons. The average molecular weight is 406 g/mol. The summed E-state index contributed by atoms with van der Waals surface area (Å²) in [5.74, 6) is -0.628. The first kappa shape index (κ1) is 18.4. The van der Waals surface area contributed by atoms with Crippen molar-refractivity contribution in [2.75, 3.05) is 5.32 Å². The van der Waals surface area contributed by atoms with Gasteiger partial charge in [0.05, 0.1) is 9.85 Å². The molecule has 1 aromatic heterocycles. The summed E-state index contributed by atoms with van der Waals surface area (Å²) in [5, 5.41) is 32.4. The Morgan fingerprint density at radius 3 is 2.56 bits per heavy atom. The Bertz CT molecular complexity index is 1070. The van der Waals surface area contributed by atoms with E-state index in [4.69, 9.17) is 11.6 Å². The summed E-state index contributed by atoms with van der Waals surface area (Å²) in [5.41, 5.74) is 0.0168. The van der Waals surface area contributed by atoms with Gasteiger partial charge in [-0.2, -0.15) is 0 Å². The van der Waals surface area contributed by atoms with Gasteiger partial charge in [0.2, 0.25) is 5.13 Å². The Labute approximate surface area is 159 Å². The Balaban J connectivity index is 1.81.